The van der Waals surface area contributed by atoms with E-state index in [9.17, 15) is 9.59 Å². The Morgan fingerprint density at radius 1 is 1.14 bits per heavy atom. The molecule has 188 valence electrons. The Labute approximate surface area is 215 Å². The van der Waals surface area contributed by atoms with Crippen molar-refractivity contribution in [2.45, 2.75) is 40.2 Å². The van der Waals surface area contributed by atoms with Crippen molar-refractivity contribution < 1.29 is 14.3 Å². The molecule has 2 amide bonds. The van der Waals surface area contributed by atoms with Crippen LogP contribution < -0.4 is 10.1 Å². The van der Waals surface area contributed by atoms with E-state index in [1.807, 2.05) is 45.2 Å². The monoisotopic (exact) mass is 507 g/mol. The fourth-order valence-corrected chi connectivity index (χ4v) is 6.24. The van der Waals surface area contributed by atoms with Crippen molar-refractivity contribution in [3.8, 4) is 17.0 Å². The van der Waals surface area contributed by atoms with Crippen molar-refractivity contribution in [2.75, 3.05) is 19.7 Å². The molecule has 9 heteroatoms. The third-order valence-electron chi connectivity index (χ3n) is 8.11. The second-order valence-electron chi connectivity index (χ2n) is 10.9. The topological polar surface area (TPSA) is 88.8 Å². The molecule has 6 rings (SSSR count). The maximum absolute atomic E-state index is 12.8. The van der Waals surface area contributed by atoms with E-state index in [1.165, 1.54) is 11.2 Å². The number of aryl methyl sites for hydroxylation is 1. The van der Waals surface area contributed by atoms with Crippen LogP contribution in [0.15, 0.2) is 30.7 Å². The largest absolute Gasteiger partial charge is 0.492 e. The maximum atomic E-state index is 12.8. The van der Waals surface area contributed by atoms with Crippen LogP contribution in [0.25, 0.3) is 16.8 Å². The zero-order valence-electron chi connectivity index (χ0n) is 20.8. The number of likely N-dealkylation sites (tertiary alicyclic amines) is 1. The number of hydrogen-bond donors (Lipinski definition) is 1. The summed E-state index contributed by atoms with van der Waals surface area (Å²) in [4.78, 5) is 31.7. The minimum Gasteiger partial charge on any atom is -0.492 e. The van der Waals surface area contributed by atoms with Gasteiger partial charge in [-0.25, -0.2) is 9.50 Å². The first-order chi connectivity index (χ1) is 17.3. The molecule has 8 nitrogen and oxygen atoms in total. The summed E-state index contributed by atoms with van der Waals surface area (Å²) in [6, 6.07) is 5.73. The van der Waals surface area contributed by atoms with Crippen LogP contribution in [-0.2, 0) is 16.1 Å². The van der Waals surface area contributed by atoms with Gasteiger partial charge in [0, 0.05) is 16.8 Å². The second kappa shape index (κ2) is 8.56. The fourth-order valence-electron chi connectivity index (χ4n) is 5.97. The molecule has 1 aromatic carbocycles. The quantitative estimate of drug-likeness (QED) is 0.509. The van der Waals surface area contributed by atoms with Gasteiger partial charge >= 0.3 is 0 Å². The lowest BCUT2D eigenvalue weighted by atomic mass is 9.99. The second-order valence-corrected chi connectivity index (χ2v) is 11.4. The molecule has 2 atom stereocenters. The Morgan fingerprint density at radius 2 is 1.86 bits per heavy atom. The summed E-state index contributed by atoms with van der Waals surface area (Å²) in [6.07, 6.45) is 5.54. The highest BCUT2D eigenvalue weighted by atomic mass is 35.5. The van der Waals surface area contributed by atoms with Gasteiger partial charge in [-0.15, -0.1) is 0 Å². The molecule has 2 aliphatic heterocycles. The van der Waals surface area contributed by atoms with E-state index < -0.39 is 0 Å². The number of fused-ring (bicyclic) bond motifs is 2. The lowest BCUT2D eigenvalue weighted by Crippen LogP contribution is -2.35. The van der Waals surface area contributed by atoms with Crippen molar-refractivity contribution >= 4 is 28.9 Å². The molecule has 0 radical (unpaired) electrons. The summed E-state index contributed by atoms with van der Waals surface area (Å²) in [7, 11) is 0. The molecule has 3 aromatic rings. The van der Waals surface area contributed by atoms with E-state index in [4.69, 9.17) is 16.3 Å². The third kappa shape index (κ3) is 3.78. The van der Waals surface area contributed by atoms with Crippen LogP contribution in [0.3, 0.4) is 0 Å². The number of benzene rings is 1. The molecule has 2 aromatic heterocycles. The predicted octanol–water partition coefficient (Wildman–Crippen LogP) is 3.88. The normalized spacial score (nSPS) is 23.4. The summed E-state index contributed by atoms with van der Waals surface area (Å²) in [5, 5.41) is 8.38. The van der Waals surface area contributed by atoms with E-state index in [0.29, 0.717) is 23.2 Å². The zero-order valence-corrected chi connectivity index (χ0v) is 21.5. The molecule has 2 unspecified atom stereocenters. The third-order valence-corrected chi connectivity index (χ3v) is 8.33. The highest BCUT2D eigenvalue weighted by molar-refractivity contribution is 6.31. The smallest absolute Gasteiger partial charge is 0.233 e. The molecule has 0 spiro atoms. The molecule has 1 N–H and O–H groups in total. The highest BCUT2D eigenvalue weighted by Gasteiger charge is 2.72. The van der Waals surface area contributed by atoms with Crippen molar-refractivity contribution in [1.82, 2.24) is 24.8 Å². The van der Waals surface area contributed by atoms with E-state index in [0.717, 1.165) is 53.9 Å². The standard InChI is InChI=1S/C27H30ClN5O3/c1-15-8-18(28)10-19(24(15)36-13-16-4-6-29-7-5-16)23-20-9-17(12-33(20)31-14-30-23)11-32-25(34)21-22(26(32)35)27(21,2)3/h8-10,12,14,16,21-22,29H,4-7,11,13H2,1-3H3. The number of aromatic nitrogens is 3. The molecule has 4 heterocycles. The Balaban J connectivity index is 1.31. The van der Waals surface area contributed by atoms with Crippen LogP contribution >= 0.6 is 11.6 Å². The number of carbonyl (C=O) groups is 2. The van der Waals surface area contributed by atoms with E-state index in [1.54, 1.807) is 4.52 Å². The van der Waals surface area contributed by atoms with Crippen molar-refractivity contribution in [2.24, 2.45) is 23.2 Å². The summed E-state index contributed by atoms with van der Waals surface area (Å²) in [5.41, 5.74) is 3.83. The predicted molar refractivity (Wildman–Crippen MR) is 136 cm³/mol. The number of piperidine rings is 2. The van der Waals surface area contributed by atoms with Crippen LogP contribution in [0.1, 0.15) is 37.8 Å². The number of imide groups is 1. The minimum absolute atomic E-state index is 0.0735. The maximum Gasteiger partial charge on any atom is 0.233 e. The summed E-state index contributed by atoms with van der Waals surface area (Å²) in [5.74, 6) is 0.754. The van der Waals surface area contributed by atoms with Gasteiger partial charge in [0.05, 0.1) is 30.5 Å². The lowest BCUT2D eigenvalue weighted by molar-refractivity contribution is -0.143. The number of ether oxygens (including phenoxy) is 1. The van der Waals surface area contributed by atoms with Crippen LogP contribution in [0.2, 0.25) is 5.02 Å². The number of halogens is 1. The molecule has 2 saturated heterocycles. The first-order valence-electron chi connectivity index (χ1n) is 12.6. The van der Waals surface area contributed by atoms with Crippen LogP contribution in [0, 0.1) is 30.1 Å². The van der Waals surface area contributed by atoms with E-state index in [2.05, 4.69) is 15.4 Å². The molecule has 3 aliphatic rings. The van der Waals surface area contributed by atoms with Gasteiger partial charge in [0.2, 0.25) is 11.8 Å². The molecular weight excluding hydrogens is 478 g/mol. The van der Waals surface area contributed by atoms with Gasteiger partial charge in [-0.3, -0.25) is 14.5 Å². The van der Waals surface area contributed by atoms with Gasteiger partial charge in [0.15, 0.2) is 0 Å². The molecule has 1 aliphatic carbocycles. The van der Waals surface area contributed by atoms with Crippen molar-refractivity contribution in [3.05, 3.63) is 46.9 Å². The number of hydrogen-bond acceptors (Lipinski definition) is 6. The Kier molecular flexibility index (Phi) is 5.57. The fraction of sp³-hybridized carbons (Fsp3) is 0.481. The Hall–Kier alpha value is -2.97. The average molecular weight is 508 g/mol. The van der Waals surface area contributed by atoms with Gasteiger partial charge in [-0.2, -0.15) is 5.10 Å². The molecule has 1 saturated carbocycles. The van der Waals surface area contributed by atoms with Crippen molar-refractivity contribution in [1.29, 1.82) is 0 Å². The first-order valence-corrected chi connectivity index (χ1v) is 12.9. The van der Waals surface area contributed by atoms with Crippen molar-refractivity contribution in [3.63, 3.8) is 0 Å². The Morgan fingerprint density at radius 3 is 2.58 bits per heavy atom. The summed E-state index contributed by atoms with van der Waals surface area (Å²) < 4.78 is 8.13. The zero-order chi connectivity index (χ0) is 25.2. The van der Waals surface area contributed by atoms with E-state index >= 15 is 0 Å². The molecule has 0 bridgehead atoms. The van der Waals surface area contributed by atoms with Gasteiger partial charge < -0.3 is 10.1 Å². The number of carbonyl (C=O) groups excluding carboxylic acids is 2. The summed E-state index contributed by atoms with van der Waals surface area (Å²) >= 11 is 6.47. The number of amides is 2. The van der Waals surface area contributed by atoms with Crippen LogP contribution in [0.5, 0.6) is 5.75 Å². The number of rotatable bonds is 6. The number of nitrogens with zero attached hydrogens (tertiary/aromatic N) is 4. The summed E-state index contributed by atoms with van der Waals surface area (Å²) in [6.45, 7) is 8.87. The van der Waals surface area contributed by atoms with Crippen LogP contribution in [0.4, 0.5) is 0 Å². The number of nitrogens with one attached hydrogen (secondary N) is 1. The van der Waals surface area contributed by atoms with Crippen LogP contribution in [-0.4, -0.2) is 51.0 Å². The SMILES string of the molecule is Cc1cc(Cl)cc(-c2ncnn3cc(CN4C(=O)C5C(C4=O)C5(C)C)cc23)c1OCC1CCNCC1. The average Bonchev–Trinajstić information content (AvgIpc) is 3.10. The molecular formula is C27H30ClN5O3. The lowest BCUT2D eigenvalue weighted by Gasteiger charge is -2.24. The van der Waals surface area contributed by atoms with Gasteiger partial charge in [0.25, 0.3) is 0 Å². The first kappa shape index (κ1) is 23.4. The van der Waals surface area contributed by atoms with Gasteiger partial charge in [-0.1, -0.05) is 25.4 Å². The molecule has 36 heavy (non-hydrogen) atoms. The van der Waals surface area contributed by atoms with Gasteiger partial charge in [-0.05, 0) is 73.5 Å². The molecule has 3 fully saturated rings. The Bertz CT molecular complexity index is 1350. The highest BCUT2D eigenvalue weighted by Crippen LogP contribution is 2.63. The van der Waals surface area contributed by atoms with Gasteiger partial charge in [0.1, 0.15) is 17.8 Å². The van der Waals surface area contributed by atoms with E-state index in [-0.39, 0.29) is 35.6 Å². The minimum atomic E-state index is -0.218.